The molecular formula is C18H29N3. The maximum atomic E-state index is 5.74. The molecule has 0 spiro atoms. The lowest BCUT2D eigenvalue weighted by Gasteiger charge is -2.44. The number of piperazine rings is 1. The second-order valence-corrected chi connectivity index (χ2v) is 6.80. The second-order valence-electron chi connectivity index (χ2n) is 6.80. The van der Waals surface area contributed by atoms with E-state index < -0.39 is 0 Å². The maximum absolute atomic E-state index is 5.74. The Morgan fingerprint density at radius 3 is 2.71 bits per heavy atom. The van der Waals surface area contributed by atoms with E-state index >= 15 is 0 Å². The van der Waals surface area contributed by atoms with Gasteiger partial charge in [-0.3, -0.25) is 9.80 Å². The van der Waals surface area contributed by atoms with Crippen LogP contribution in [0.15, 0.2) is 24.3 Å². The number of hydrogen-bond donors (Lipinski definition) is 1. The van der Waals surface area contributed by atoms with Gasteiger partial charge in [0.1, 0.15) is 0 Å². The van der Waals surface area contributed by atoms with Crippen molar-refractivity contribution in [3.63, 3.8) is 0 Å². The lowest BCUT2D eigenvalue weighted by molar-refractivity contribution is 0.0457. The summed E-state index contributed by atoms with van der Waals surface area (Å²) < 4.78 is 0. The third-order valence-corrected chi connectivity index (χ3v) is 5.23. The molecular weight excluding hydrogens is 258 g/mol. The van der Waals surface area contributed by atoms with Crippen LogP contribution in [-0.2, 0) is 6.54 Å². The summed E-state index contributed by atoms with van der Waals surface area (Å²) in [6, 6.07) is 9.89. The van der Waals surface area contributed by atoms with Crippen LogP contribution in [0.5, 0.6) is 0 Å². The predicted octanol–water partition coefficient (Wildman–Crippen LogP) is 2.42. The van der Waals surface area contributed by atoms with Gasteiger partial charge in [0.05, 0.1) is 0 Å². The van der Waals surface area contributed by atoms with Gasteiger partial charge in [-0.1, -0.05) is 37.6 Å². The lowest BCUT2D eigenvalue weighted by Crippen LogP contribution is -2.54. The van der Waals surface area contributed by atoms with Gasteiger partial charge in [0.25, 0.3) is 0 Å². The Hall–Kier alpha value is -0.900. The number of fused-ring (bicyclic) bond motifs is 1. The zero-order valence-electron chi connectivity index (χ0n) is 13.3. The van der Waals surface area contributed by atoms with E-state index in [0.29, 0.717) is 5.92 Å². The van der Waals surface area contributed by atoms with Gasteiger partial charge in [-0.2, -0.15) is 0 Å². The van der Waals surface area contributed by atoms with Crippen molar-refractivity contribution in [3.05, 3.63) is 35.4 Å². The quantitative estimate of drug-likeness (QED) is 0.923. The highest BCUT2D eigenvalue weighted by atomic mass is 15.3. The first-order chi connectivity index (χ1) is 10.3. The second kappa shape index (κ2) is 6.91. The van der Waals surface area contributed by atoms with Gasteiger partial charge in [-0.25, -0.2) is 0 Å². The number of piperidine rings is 1. The van der Waals surface area contributed by atoms with E-state index in [4.69, 9.17) is 5.73 Å². The molecule has 2 fully saturated rings. The Kier molecular flexibility index (Phi) is 4.94. The van der Waals surface area contributed by atoms with Crippen molar-refractivity contribution in [1.29, 1.82) is 0 Å². The lowest BCUT2D eigenvalue weighted by atomic mass is 9.98. The Labute approximate surface area is 129 Å². The van der Waals surface area contributed by atoms with Gasteiger partial charge >= 0.3 is 0 Å². The minimum Gasteiger partial charge on any atom is -0.330 e. The number of hydrogen-bond acceptors (Lipinski definition) is 3. The van der Waals surface area contributed by atoms with Crippen LogP contribution >= 0.6 is 0 Å². The molecule has 2 N–H and O–H groups in total. The fraction of sp³-hybridized carbons (Fsp3) is 0.667. The van der Waals surface area contributed by atoms with E-state index in [1.54, 1.807) is 0 Å². The summed E-state index contributed by atoms with van der Waals surface area (Å²) in [6.07, 6.45) is 4.21. The van der Waals surface area contributed by atoms with Gasteiger partial charge in [-0.05, 0) is 43.0 Å². The SMILES string of the molecule is CC(CN)c1ccc(CN2CCN3CCCCC3C2)cc1. The minimum absolute atomic E-state index is 0.463. The summed E-state index contributed by atoms with van der Waals surface area (Å²) in [7, 11) is 0. The van der Waals surface area contributed by atoms with E-state index in [-0.39, 0.29) is 0 Å². The molecule has 0 saturated carbocycles. The first-order valence-corrected chi connectivity index (χ1v) is 8.51. The summed E-state index contributed by atoms with van der Waals surface area (Å²) in [5, 5.41) is 0. The molecule has 1 aromatic carbocycles. The van der Waals surface area contributed by atoms with Gasteiger partial charge in [-0.15, -0.1) is 0 Å². The molecule has 2 heterocycles. The largest absolute Gasteiger partial charge is 0.330 e. The van der Waals surface area contributed by atoms with Crippen molar-refractivity contribution in [1.82, 2.24) is 9.80 Å². The molecule has 2 atom stereocenters. The maximum Gasteiger partial charge on any atom is 0.0234 e. The Bertz CT molecular complexity index is 442. The fourth-order valence-electron chi connectivity index (χ4n) is 3.71. The number of benzene rings is 1. The third kappa shape index (κ3) is 3.65. The molecule has 0 bridgehead atoms. The summed E-state index contributed by atoms with van der Waals surface area (Å²) in [4.78, 5) is 5.33. The van der Waals surface area contributed by atoms with Crippen molar-refractivity contribution in [2.75, 3.05) is 32.7 Å². The highest BCUT2D eigenvalue weighted by molar-refractivity contribution is 5.25. The fourth-order valence-corrected chi connectivity index (χ4v) is 3.71. The molecule has 2 aliphatic rings. The smallest absolute Gasteiger partial charge is 0.0234 e. The van der Waals surface area contributed by atoms with E-state index in [1.807, 2.05) is 0 Å². The van der Waals surface area contributed by atoms with Crippen LogP contribution in [0.25, 0.3) is 0 Å². The molecule has 0 radical (unpaired) electrons. The average molecular weight is 287 g/mol. The molecule has 116 valence electrons. The molecule has 0 aliphatic carbocycles. The molecule has 3 nitrogen and oxygen atoms in total. The summed E-state index contributed by atoms with van der Waals surface area (Å²) in [6.45, 7) is 9.07. The van der Waals surface area contributed by atoms with E-state index in [1.165, 1.54) is 56.6 Å². The molecule has 2 aliphatic heterocycles. The third-order valence-electron chi connectivity index (χ3n) is 5.23. The van der Waals surface area contributed by atoms with Gasteiger partial charge < -0.3 is 5.73 Å². The van der Waals surface area contributed by atoms with Crippen molar-refractivity contribution in [2.24, 2.45) is 5.73 Å². The van der Waals surface area contributed by atoms with Crippen LogP contribution in [0.3, 0.4) is 0 Å². The molecule has 0 amide bonds. The van der Waals surface area contributed by atoms with Crippen LogP contribution in [0, 0.1) is 0 Å². The summed E-state index contributed by atoms with van der Waals surface area (Å²) in [5.41, 5.74) is 8.54. The Balaban J connectivity index is 1.56. The van der Waals surface area contributed by atoms with Crippen LogP contribution < -0.4 is 5.73 Å². The number of nitrogens with two attached hydrogens (primary N) is 1. The van der Waals surface area contributed by atoms with Crippen molar-refractivity contribution >= 4 is 0 Å². The summed E-state index contributed by atoms with van der Waals surface area (Å²) in [5.74, 6) is 0.463. The number of rotatable bonds is 4. The number of nitrogens with zero attached hydrogens (tertiary/aromatic N) is 2. The van der Waals surface area contributed by atoms with Crippen molar-refractivity contribution in [2.45, 2.75) is 44.7 Å². The Morgan fingerprint density at radius 2 is 1.95 bits per heavy atom. The normalized spacial score (nSPS) is 25.5. The average Bonchev–Trinajstić information content (AvgIpc) is 2.55. The molecule has 3 heteroatoms. The highest BCUT2D eigenvalue weighted by Gasteiger charge is 2.28. The first kappa shape index (κ1) is 15.0. The van der Waals surface area contributed by atoms with Crippen LogP contribution in [0.4, 0.5) is 0 Å². The Morgan fingerprint density at radius 1 is 1.14 bits per heavy atom. The van der Waals surface area contributed by atoms with Gasteiger partial charge in [0, 0.05) is 32.2 Å². The zero-order chi connectivity index (χ0) is 14.7. The topological polar surface area (TPSA) is 32.5 Å². The zero-order valence-corrected chi connectivity index (χ0v) is 13.3. The van der Waals surface area contributed by atoms with Gasteiger partial charge in [0.2, 0.25) is 0 Å². The van der Waals surface area contributed by atoms with Crippen LogP contribution in [0.2, 0.25) is 0 Å². The molecule has 2 saturated heterocycles. The van der Waals surface area contributed by atoms with E-state index in [9.17, 15) is 0 Å². The molecule has 2 unspecified atom stereocenters. The molecule has 3 rings (SSSR count). The van der Waals surface area contributed by atoms with E-state index in [2.05, 4.69) is 41.0 Å². The standard InChI is InChI=1S/C18H29N3/c1-15(12-19)17-7-5-16(6-8-17)13-20-10-11-21-9-3-2-4-18(21)14-20/h5-8,15,18H,2-4,9-14,19H2,1H3. The van der Waals surface area contributed by atoms with Crippen molar-refractivity contribution in [3.8, 4) is 0 Å². The predicted molar refractivity (Wildman–Crippen MR) is 88.4 cm³/mol. The molecule has 0 aromatic heterocycles. The van der Waals surface area contributed by atoms with Crippen LogP contribution in [0.1, 0.15) is 43.2 Å². The van der Waals surface area contributed by atoms with Crippen molar-refractivity contribution < 1.29 is 0 Å². The van der Waals surface area contributed by atoms with Crippen LogP contribution in [-0.4, -0.2) is 48.6 Å². The molecule has 1 aromatic rings. The highest BCUT2D eigenvalue weighted by Crippen LogP contribution is 2.22. The first-order valence-electron chi connectivity index (χ1n) is 8.51. The monoisotopic (exact) mass is 287 g/mol. The van der Waals surface area contributed by atoms with Gasteiger partial charge in [0.15, 0.2) is 0 Å². The van der Waals surface area contributed by atoms with E-state index in [0.717, 1.165) is 19.1 Å². The minimum atomic E-state index is 0.463. The summed E-state index contributed by atoms with van der Waals surface area (Å²) >= 11 is 0. The molecule has 21 heavy (non-hydrogen) atoms.